The molecule has 108 valence electrons. The van der Waals surface area contributed by atoms with Gasteiger partial charge in [0, 0.05) is 21.4 Å². The van der Waals surface area contributed by atoms with Crippen molar-refractivity contribution in [1.82, 2.24) is 0 Å². The Kier molecular flexibility index (Phi) is 4.23. The van der Waals surface area contributed by atoms with E-state index in [9.17, 15) is 19.3 Å². The summed E-state index contributed by atoms with van der Waals surface area (Å²) in [5.74, 6) is -1.74. The van der Waals surface area contributed by atoms with Crippen molar-refractivity contribution in [3.8, 4) is 0 Å². The van der Waals surface area contributed by atoms with Gasteiger partial charge in [0.25, 0.3) is 5.69 Å². The van der Waals surface area contributed by atoms with Crippen molar-refractivity contribution in [2.75, 3.05) is 0 Å². The number of halogens is 1. The van der Waals surface area contributed by atoms with Crippen LogP contribution in [0.5, 0.6) is 0 Å². The van der Waals surface area contributed by atoms with Crippen LogP contribution in [-0.2, 0) is 0 Å². The van der Waals surface area contributed by atoms with E-state index >= 15 is 0 Å². The number of carboxylic acid groups (broad SMARTS) is 1. The molecule has 0 aliphatic rings. The van der Waals surface area contributed by atoms with Crippen molar-refractivity contribution in [3.63, 3.8) is 0 Å². The standard InChI is InChI=1S/C14H10FNO4S/c1-8-2-4-10(7-12(8)16(19)20)21-13-6-9(14(17)18)3-5-11(13)15/h2-7H,1H3,(H,17,18). The zero-order chi connectivity index (χ0) is 15.6. The Hall–Kier alpha value is -2.41. The second kappa shape index (κ2) is 5.92. The predicted octanol–water partition coefficient (Wildman–Crippen LogP) is 3.89. The van der Waals surface area contributed by atoms with Gasteiger partial charge in [0.1, 0.15) is 5.82 Å². The molecule has 0 aromatic heterocycles. The third kappa shape index (κ3) is 3.38. The maximum atomic E-state index is 13.7. The second-order valence-corrected chi connectivity index (χ2v) is 5.37. The number of nitrogens with zero attached hydrogens (tertiary/aromatic N) is 1. The molecule has 0 saturated carbocycles. The summed E-state index contributed by atoms with van der Waals surface area (Å²) in [5.41, 5.74) is 0.402. The molecule has 5 nitrogen and oxygen atoms in total. The van der Waals surface area contributed by atoms with E-state index in [4.69, 9.17) is 5.11 Å². The minimum atomic E-state index is -1.16. The third-order valence-corrected chi connectivity index (χ3v) is 3.81. The highest BCUT2D eigenvalue weighted by atomic mass is 32.2. The van der Waals surface area contributed by atoms with Gasteiger partial charge in [0.2, 0.25) is 0 Å². The minimum Gasteiger partial charge on any atom is -0.478 e. The highest BCUT2D eigenvalue weighted by Gasteiger charge is 2.14. The van der Waals surface area contributed by atoms with E-state index in [-0.39, 0.29) is 16.1 Å². The molecular formula is C14H10FNO4S. The van der Waals surface area contributed by atoms with E-state index < -0.39 is 16.7 Å². The number of carboxylic acids is 1. The first-order valence-corrected chi connectivity index (χ1v) is 6.66. The van der Waals surface area contributed by atoms with Crippen molar-refractivity contribution < 1.29 is 19.2 Å². The van der Waals surface area contributed by atoms with Crippen molar-refractivity contribution in [2.45, 2.75) is 16.7 Å². The molecule has 0 heterocycles. The Labute approximate surface area is 123 Å². The molecule has 0 radical (unpaired) electrons. The van der Waals surface area contributed by atoms with Crippen LogP contribution in [0.1, 0.15) is 15.9 Å². The molecule has 0 aliphatic carbocycles. The molecule has 1 N–H and O–H groups in total. The van der Waals surface area contributed by atoms with Crippen LogP contribution in [0.25, 0.3) is 0 Å². The minimum absolute atomic E-state index is 0.0412. The highest BCUT2D eigenvalue weighted by molar-refractivity contribution is 7.99. The summed E-state index contributed by atoms with van der Waals surface area (Å²) in [6.45, 7) is 1.61. The van der Waals surface area contributed by atoms with E-state index in [1.54, 1.807) is 19.1 Å². The Morgan fingerprint density at radius 2 is 2.00 bits per heavy atom. The Morgan fingerprint density at radius 1 is 1.29 bits per heavy atom. The second-order valence-electron chi connectivity index (χ2n) is 4.26. The van der Waals surface area contributed by atoms with Gasteiger partial charge in [0.05, 0.1) is 10.5 Å². The van der Waals surface area contributed by atoms with Crippen molar-refractivity contribution in [2.24, 2.45) is 0 Å². The lowest BCUT2D eigenvalue weighted by molar-refractivity contribution is -0.385. The summed E-state index contributed by atoms with van der Waals surface area (Å²) in [5, 5.41) is 19.8. The number of aromatic carboxylic acids is 1. The van der Waals surface area contributed by atoms with Crippen LogP contribution in [0.3, 0.4) is 0 Å². The zero-order valence-corrected chi connectivity index (χ0v) is 11.7. The molecule has 2 aromatic rings. The molecule has 0 unspecified atom stereocenters. The molecule has 0 bridgehead atoms. The van der Waals surface area contributed by atoms with Crippen LogP contribution in [0, 0.1) is 22.9 Å². The number of aryl methyl sites for hydroxylation is 1. The van der Waals surface area contributed by atoms with Gasteiger partial charge in [-0.15, -0.1) is 0 Å². The van der Waals surface area contributed by atoms with Gasteiger partial charge in [-0.1, -0.05) is 17.8 Å². The molecule has 21 heavy (non-hydrogen) atoms. The van der Waals surface area contributed by atoms with Crippen LogP contribution >= 0.6 is 11.8 Å². The normalized spacial score (nSPS) is 10.4. The molecule has 0 aliphatic heterocycles. The molecule has 0 fully saturated rings. The number of hydrogen-bond acceptors (Lipinski definition) is 4. The van der Waals surface area contributed by atoms with Gasteiger partial charge >= 0.3 is 5.97 Å². The zero-order valence-electron chi connectivity index (χ0n) is 10.9. The van der Waals surface area contributed by atoms with Crippen LogP contribution < -0.4 is 0 Å². The van der Waals surface area contributed by atoms with Crippen LogP contribution in [0.4, 0.5) is 10.1 Å². The van der Waals surface area contributed by atoms with E-state index in [1.165, 1.54) is 18.2 Å². The van der Waals surface area contributed by atoms with Crippen molar-refractivity contribution in [3.05, 3.63) is 63.5 Å². The maximum Gasteiger partial charge on any atom is 0.335 e. The van der Waals surface area contributed by atoms with Crippen LogP contribution in [-0.4, -0.2) is 16.0 Å². The van der Waals surface area contributed by atoms with Gasteiger partial charge in [-0.05, 0) is 31.2 Å². The lowest BCUT2D eigenvalue weighted by atomic mass is 10.2. The number of nitro benzene ring substituents is 1. The fourth-order valence-corrected chi connectivity index (χ4v) is 2.60. The third-order valence-electron chi connectivity index (χ3n) is 2.78. The molecule has 7 heteroatoms. The fourth-order valence-electron chi connectivity index (χ4n) is 1.69. The number of nitro groups is 1. The van der Waals surface area contributed by atoms with Gasteiger partial charge in [-0.2, -0.15) is 0 Å². The predicted molar refractivity (Wildman–Crippen MR) is 75.3 cm³/mol. The summed E-state index contributed by atoms with van der Waals surface area (Å²) in [6.07, 6.45) is 0. The summed E-state index contributed by atoms with van der Waals surface area (Å²) in [4.78, 5) is 21.8. The molecule has 2 aromatic carbocycles. The summed E-state index contributed by atoms with van der Waals surface area (Å²) >= 11 is 0.943. The van der Waals surface area contributed by atoms with Gasteiger partial charge in [-0.25, -0.2) is 9.18 Å². The summed E-state index contributed by atoms with van der Waals surface area (Å²) in [6, 6.07) is 7.97. The number of hydrogen-bond donors (Lipinski definition) is 1. The SMILES string of the molecule is Cc1ccc(Sc2cc(C(=O)O)ccc2F)cc1[N+](=O)[O-]. The van der Waals surface area contributed by atoms with Gasteiger partial charge in [-0.3, -0.25) is 10.1 Å². The Bertz CT molecular complexity index is 733. The van der Waals surface area contributed by atoms with Gasteiger partial charge in [0.15, 0.2) is 0 Å². The Morgan fingerprint density at radius 3 is 2.62 bits per heavy atom. The summed E-state index contributed by atoms with van der Waals surface area (Å²) in [7, 11) is 0. The molecule has 2 rings (SSSR count). The first-order valence-electron chi connectivity index (χ1n) is 5.84. The smallest absolute Gasteiger partial charge is 0.335 e. The average Bonchev–Trinajstić information content (AvgIpc) is 2.42. The van der Waals surface area contributed by atoms with Crippen LogP contribution in [0.15, 0.2) is 46.2 Å². The topological polar surface area (TPSA) is 80.4 Å². The first-order chi connectivity index (χ1) is 9.88. The maximum absolute atomic E-state index is 13.7. The Balaban J connectivity index is 2.38. The molecule has 0 spiro atoms. The molecule has 0 atom stereocenters. The first kappa shape index (κ1) is 15.0. The fraction of sp³-hybridized carbons (Fsp3) is 0.0714. The molecule has 0 amide bonds. The van der Waals surface area contributed by atoms with E-state index in [0.29, 0.717) is 10.5 Å². The monoisotopic (exact) mass is 307 g/mol. The number of carbonyl (C=O) groups is 1. The van der Waals surface area contributed by atoms with E-state index in [0.717, 1.165) is 17.8 Å². The lowest BCUT2D eigenvalue weighted by Crippen LogP contribution is -1.97. The van der Waals surface area contributed by atoms with Crippen molar-refractivity contribution >= 4 is 23.4 Å². The molecule has 0 saturated heterocycles. The summed E-state index contributed by atoms with van der Waals surface area (Å²) < 4.78 is 13.7. The molecular weight excluding hydrogens is 297 g/mol. The highest BCUT2D eigenvalue weighted by Crippen LogP contribution is 2.33. The van der Waals surface area contributed by atoms with Gasteiger partial charge < -0.3 is 5.11 Å². The number of benzene rings is 2. The van der Waals surface area contributed by atoms with E-state index in [2.05, 4.69) is 0 Å². The quantitative estimate of drug-likeness (QED) is 0.684. The average molecular weight is 307 g/mol. The van der Waals surface area contributed by atoms with Crippen molar-refractivity contribution in [1.29, 1.82) is 0 Å². The number of rotatable bonds is 4. The lowest BCUT2D eigenvalue weighted by Gasteiger charge is -2.05. The largest absolute Gasteiger partial charge is 0.478 e. The van der Waals surface area contributed by atoms with E-state index in [1.807, 2.05) is 0 Å². The van der Waals surface area contributed by atoms with Crippen LogP contribution in [0.2, 0.25) is 0 Å².